The molecule has 0 atom stereocenters. The van der Waals surface area contributed by atoms with Gasteiger partial charge in [-0.2, -0.15) is 0 Å². The molecule has 0 unspecified atom stereocenters. The second-order valence-corrected chi connectivity index (χ2v) is 4.49. The molecule has 0 radical (unpaired) electrons. The van der Waals surface area contributed by atoms with E-state index in [2.05, 4.69) is 10.3 Å². The fourth-order valence-electron chi connectivity index (χ4n) is 1.74. The van der Waals surface area contributed by atoms with E-state index in [1.807, 2.05) is 12.1 Å². The van der Waals surface area contributed by atoms with Crippen molar-refractivity contribution in [2.45, 2.75) is 31.4 Å². The van der Waals surface area contributed by atoms with Gasteiger partial charge in [-0.15, -0.1) is 0 Å². The molecule has 1 fully saturated rings. The van der Waals surface area contributed by atoms with Crippen molar-refractivity contribution in [1.82, 2.24) is 10.3 Å². The molecule has 1 aliphatic carbocycles. The van der Waals surface area contributed by atoms with Crippen LogP contribution in [0, 0.1) is 0 Å². The molecule has 1 aromatic rings. The Hall–Kier alpha value is -0.640. The van der Waals surface area contributed by atoms with E-state index < -0.39 is 5.60 Å². The average Bonchev–Trinajstić information content (AvgIpc) is 2.18. The van der Waals surface area contributed by atoms with Crippen molar-refractivity contribution in [1.29, 1.82) is 0 Å². The first-order valence-corrected chi connectivity index (χ1v) is 5.60. The second kappa shape index (κ2) is 4.47. The van der Waals surface area contributed by atoms with E-state index in [0.29, 0.717) is 18.2 Å². The summed E-state index contributed by atoms with van der Waals surface area (Å²) in [4.78, 5) is 3.99. The fraction of sp³-hybridized carbons (Fsp3) is 0.545. The molecule has 1 heterocycles. The molecule has 82 valence electrons. The highest BCUT2D eigenvalue weighted by molar-refractivity contribution is 6.30. The first-order valence-electron chi connectivity index (χ1n) is 5.22. The molecule has 1 aromatic heterocycles. The van der Waals surface area contributed by atoms with Gasteiger partial charge in [-0.3, -0.25) is 0 Å². The lowest BCUT2D eigenvalue weighted by atomic mass is 9.80. The number of halogens is 1. The van der Waals surface area contributed by atoms with Crippen LogP contribution >= 0.6 is 11.6 Å². The quantitative estimate of drug-likeness (QED) is 0.769. The Morgan fingerprint density at radius 1 is 1.53 bits per heavy atom. The van der Waals surface area contributed by atoms with Gasteiger partial charge in [0.1, 0.15) is 5.15 Å². The number of hydrogen-bond donors (Lipinski definition) is 2. The van der Waals surface area contributed by atoms with E-state index in [1.165, 1.54) is 0 Å². The third kappa shape index (κ3) is 2.68. The standard InChI is InChI=1S/C11H15ClN2O/c12-10-9(3-1-6-14-10)7-13-8-11(15)4-2-5-11/h1,3,6,13,15H,2,4-5,7-8H2. The predicted octanol–water partition coefficient (Wildman–Crippen LogP) is 1.74. The molecular formula is C11H15ClN2O. The van der Waals surface area contributed by atoms with Gasteiger partial charge in [0.15, 0.2) is 0 Å². The van der Waals surface area contributed by atoms with Gasteiger partial charge in [0.25, 0.3) is 0 Å². The molecule has 4 heteroatoms. The Kier molecular flexibility index (Phi) is 3.24. The molecule has 2 N–H and O–H groups in total. The van der Waals surface area contributed by atoms with Crippen LogP contribution < -0.4 is 5.32 Å². The molecule has 0 bridgehead atoms. The molecule has 0 aromatic carbocycles. The van der Waals surface area contributed by atoms with E-state index in [0.717, 1.165) is 24.8 Å². The van der Waals surface area contributed by atoms with Gasteiger partial charge in [-0.05, 0) is 25.3 Å². The van der Waals surface area contributed by atoms with Crippen LogP contribution in [0.25, 0.3) is 0 Å². The Morgan fingerprint density at radius 3 is 2.93 bits per heavy atom. The molecule has 3 nitrogen and oxygen atoms in total. The summed E-state index contributed by atoms with van der Waals surface area (Å²) in [6.45, 7) is 1.30. The number of pyridine rings is 1. The third-order valence-corrected chi connectivity index (χ3v) is 3.23. The van der Waals surface area contributed by atoms with Gasteiger partial charge in [-0.25, -0.2) is 4.98 Å². The van der Waals surface area contributed by atoms with E-state index in [-0.39, 0.29) is 0 Å². The zero-order chi connectivity index (χ0) is 10.7. The predicted molar refractivity (Wildman–Crippen MR) is 59.8 cm³/mol. The molecule has 1 saturated carbocycles. The molecular weight excluding hydrogens is 212 g/mol. The maximum atomic E-state index is 9.85. The number of aliphatic hydroxyl groups is 1. The lowest BCUT2D eigenvalue weighted by Gasteiger charge is -2.36. The van der Waals surface area contributed by atoms with Crippen molar-refractivity contribution in [2.24, 2.45) is 0 Å². The Bertz CT molecular complexity index is 339. The molecule has 2 rings (SSSR count). The van der Waals surface area contributed by atoms with Crippen LogP contribution in [0.5, 0.6) is 0 Å². The highest BCUT2D eigenvalue weighted by Crippen LogP contribution is 2.30. The summed E-state index contributed by atoms with van der Waals surface area (Å²) in [7, 11) is 0. The second-order valence-electron chi connectivity index (χ2n) is 4.13. The van der Waals surface area contributed by atoms with Crippen LogP contribution in [0.15, 0.2) is 18.3 Å². The zero-order valence-corrected chi connectivity index (χ0v) is 9.30. The normalized spacial score (nSPS) is 18.5. The average molecular weight is 227 g/mol. The summed E-state index contributed by atoms with van der Waals surface area (Å²) >= 11 is 5.91. The van der Waals surface area contributed by atoms with Gasteiger partial charge in [0.2, 0.25) is 0 Å². The molecule has 0 saturated heterocycles. The van der Waals surface area contributed by atoms with Crippen LogP contribution in [-0.2, 0) is 6.54 Å². The largest absolute Gasteiger partial charge is 0.389 e. The number of hydrogen-bond acceptors (Lipinski definition) is 3. The summed E-state index contributed by atoms with van der Waals surface area (Å²) < 4.78 is 0. The minimum Gasteiger partial charge on any atom is -0.389 e. The van der Waals surface area contributed by atoms with Gasteiger partial charge in [-0.1, -0.05) is 17.7 Å². The lowest BCUT2D eigenvalue weighted by molar-refractivity contribution is -0.0314. The topological polar surface area (TPSA) is 45.1 Å². The lowest BCUT2D eigenvalue weighted by Crippen LogP contribution is -2.46. The van der Waals surface area contributed by atoms with Crippen molar-refractivity contribution < 1.29 is 5.11 Å². The Morgan fingerprint density at radius 2 is 2.33 bits per heavy atom. The van der Waals surface area contributed by atoms with Gasteiger partial charge in [0, 0.05) is 24.8 Å². The number of aromatic nitrogens is 1. The van der Waals surface area contributed by atoms with Crippen LogP contribution in [0.2, 0.25) is 5.15 Å². The smallest absolute Gasteiger partial charge is 0.133 e. The fourth-order valence-corrected chi connectivity index (χ4v) is 1.93. The third-order valence-electron chi connectivity index (χ3n) is 2.89. The molecule has 0 aliphatic heterocycles. The van der Waals surface area contributed by atoms with Crippen molar-refractivity contribution in [3.63, 3.8) is 0 Å². The molecule has 1 aliphatic rings. The Labute approximate surface area is 94.5 Å². The van der Waals surface area contributed by atoms with Crippen LogP contribution in [0.3, 0.4) is 0 Å². The summed E-state index contributed by atoms with van der Waals surface area (Å²) in [6.07, 6.45) is 4.61. The van der Waals surface area contributed by atoms with E-state index in [1.54, 1.807) is 6.20 Å². The Balaban J connectivity index is 1.81. The number of nitrogens with zero attached hydrogens (tertiary/aromatic N) is 1. The van der Waals surface area contributed by atoms with Gasteiger partial charge in [0.05, 0.1) is 5.60 Å². The minimum absolute atomic E-state index is 0.477. The van der Waals surface area contributed by atoms with Crippen molar-refractivity contribution >= 4 is 11.6 Å². The minimum atomic E-state index is -0.477. The maximum absolute atomic E-state index is 9.85. The van der Waals surface area contributed by atoms with E-state index >= 15 is 0 Å². The number of rotatable bonds is 4. The monoisotopic (exact) mass is 226 g/mol. The highest BCUT2D eigenvalue weighted by atomic mass is 35.5. The summed E-state index contributed by atoms with van der Waals surface area (Å²) in [5.41, 5.74) is 0.497. The van der Waals surface area contributed by atoms with E-state index in [9.17, 15) is 5.11 Å². The number of nitrogens with one attached hydrogen (secondary N) is 1. The summed E-state index contributed by atoms with van der Waals surface area (Å²) in [5.74, 6) is 0. The van der Waals surface area contributed by atoms with Gasteiger partial charge < -0.3 is 10.4 Å². The van der Waals surface area contributed by atoms with Crippen molar-refractivity contribution in [3.8, 4) is 0 Å². The molecule has 0 amide bonds. The van der Waals surface area contributed by atoms with Crippen molar-refractivity contribution in [3.05, 3.63) is 29.0 Å². The molecule has 0 spiro atoms. The SMILES string of the molecule is OC1(CNCc2cccnc2Cl)CCC1. The zero-order valence-electron chi connectivity index (χ0n) is 8.54. The van der Waals surface area contributed by atoms with E-state index in [4.69, 9.17) is 11.6 Å². The van der Waals surface area contributed by atoms with Gasteiger partial charge >= 0.3 is 0 Å². The highest BCUT2D eigenvalue weighted by Gasteiger charge is 2.33. The van der Waals surface area contributed by atoms with Crippen molar-refractivity contribution in [2.75, 3.05) is 6.54 Å². The molecule has 15 heavy (non-hydrogen) atoms. The van der Waals surface area contributed by atoms with Crippen LogP contribution in [0.4, 0.5) is 0 Å². The summed E-state index contributed by atoms with van der Waals surface area (Å²) in [6, 6.07) is 3.80. The first kappa shape index (κ1) is 10.9. The maximum Gasteiger partial charge on any atom is 0.133 e. The summed E-state index contributed by atoms with van der Waals surface area (Å²) in [5, 5.41) is 13.6. The first-order chi connectivity index (χ1) is 7.20. The van der Waals surface area contributed by atoms with Crippen LogP contribution in [0.1, 0.15) is 24.8 Å². The van der Waals surface area contributed by atoms with Crippen LogP contribution in [-0.4, -0.2) is 22.2 Å².